The van der Waals surface area contributed by atoms with E-state index < -0.39 is 97.5 Å². The molecule has 0 aromatic carbocycles. The van der Waals surface area contributed by atoms with E-state index >= 15 is 0 Å². The summed E-state index contributed by atoms with van der Waals surface area (Å²) in [5.41, 5.74) is 0. The summed E-state index contributed by atoms with van der Waals surface area (Å²) in [7, 11) is -9.91. The zero-order valence-electron chi connectivity index (χ0n) is 65.0. The third-order valence-corrected chi connectivity index (χ3v) is 20.9. The monoisotopic (exact) mass is 1450 g/mol. The van der Waals surface area contributed by atoms with Crippen molar-refractivity contribution < 1.29 is 80.2 Å². The highest BCUT2D eigenvalue weighted by Crippen LogP contribution is 2.45. The molecule has 0 heterocycles. The van der Waals surface area contributed by atoms with Gasteiger partial charge < -0.3 is 33.8 Å². The molecule has 0 bridgehead atoms. The van der Waals surface area contributed by atoms with Crippen LogP contribution in [0.4, 0.5) is 0 Å². The van der Waals surface area contributed by atoms with Crippen molar-refractivity contribution in [3.05, 3.63) is 0 Å². The highest BCUT2D eigenvalue weighted by Gasteiger charge is 2.30. The van der Waals surface area contributed by atoms with Gasteiger partial charge in [0, 0.05) is 25.7 Å². The highest BCUT2D eigenvalue weighted by molar-refractivity contribution is 7.47. The van der Waals surface area contributed by atoms with E-state index in [0.29, 0.717) is 25.7 Å². The van der Waals surface area contributed by atoms with Crippen molar-refractivity contribution in [1.29, 1.82) is 0 Å². The van der Waals surface area contributed by atoms with E-state index in [2.05, 4.69) is 48.5 Å². The number of rotatable bonds is 78. The zero-order valence-corrected chi connectivity index (χ0v) is 66.8. The number of carbonyl (C=O) groups excluding carboxylic acids is 4. The van der Waals surface area contributed by atoms with Crippen molar-refractivity contribution in [3.63, 3.8) is 0 Å². The lowest BCUT2D eigenvalue weighted by atomic mass is 9.99. The first-order chi connectivity index (χ1) is 47.8. The van der Waals surface area contributed by atoms with Gasteiger partial charge in [0.05, 0.1) is 26.4 Å². The molecule has 0 aliphatic rings. The molecule has 0 aliphatic carbocycles. The SMILES string of the molecule is CCCCCCCC(=O)OC[C@H](COP(=O)(O)OC[C@H](O)COP(=O)(O)OC[C@@H](COC(=O)CCCCCCCCCCCCCCCCC(C)CC)OC(=O)CCCCCCCCCCCCCCCCCCC(C)C)OC(=O)CCCCCCCCCCCCCCCCC(C)C. The number of hydrogen-bond donors (Lipinski definition) is 3. The molecule has 0 aromatic rings. The number of phosphoric acid groups is 2. The summed E-state index contributed by atoms with van der Waals surface area (Å²) in [6.07, 6.45) is 58.6. The molecule has 0 rings (SSSR count). The maximum Gasteiger partial charge on any atom is 0.472 e. The summed E-state index contributed by atoms with van der Waals surface area (Å²) < 4.78 is 68.5. The van der Waals surface area contributed by atoms with Crippen LogP contribution in [0.25, 0.3) is 0 Å². The first-order valence-corrected chi connectivity index (χ1v) is 44.4. The minimum atomic E-state index is -4.96. The Morgan fingerprint density at radius 2 is 0.515 bits per heavy atom. The zero-order chi connectivity index (χ0) is 73.0. The van der Waals surface area contributed by atoms with Crippen molar-refractivity contribution in [2.24, 2.45) is 17.8 Å². The molecular weight excluding hydrogens is 1290 g/mol. The maximum atomic E-state index is 13.1. The second-order valence-corrected chi connectivity index (χ2v) is 32.9. The number of aliphatic hydroxyl groups is 1. The number of aliphatic hydroxyl groups excluding tert-OH is 1. The van der Waals surface area contributed by atoms with Crippen LogP contribution in [0.5, 0.6) is 0 Å². The predicted molar refractivity (Wildman–Crippen MR) is 405 cm³/mol. The first-order valence-electron chi connectivity index (χ1n) is 41.4. The van der Waals surface area contributed by atoms with Crippen molar-refractivity contribution in [2.75, 3.05) is 39.6 Å². The Bertz CT molecular complexity index is 1920. The van der Waals surface area contributed by atoms with Gasteiger partial charge in [-0.15, -0.1) is 0 Å². The molecular formula is C80H156O17P2. The van der Waals surface area contributed by atoms with Crippen LogP contribution < -0.4 is 0 Å². The molecule has 0 aliphatic heterocycles. The summed E-state index contributed by atoms with van der Waals surface area (Å²) >= 11 is 0. The van der Waals surface area contributed by atoms with Gasteiger partial charge in [0.15, 0.2) is 12.2 Å². The number of unbranched alkanes of at least 4 members (excludes halogenated alkanes) is 45. The second-order valence-electron chi connectivity index (χ2n) is 30.0. The standard InChI is InChI=1S/C80H156O17P2/c1-8-10-11-44-54-61-77(82)90-67-75(96-79(84)63-56-50-43-37-31-25-18-16-21-27-33-39-46-52-59-72(5)6)69-94-98(86,87)92-65-74(81)66-93-99(88,89)95-70-76(68-91-78(83)62-55-48-41-35-29-23-19-17-22-28-34-40-47-53-60-73(7)9-2)97-80(85)64-57-49-42-36-30-24-15-13-12-14-20-26-32-38-45-51-58-71(3)4/h71-76,81H,8-70H2,1-7H3,(H,86,87)(H,88,89)/t73?,74-,75+,76+/m0/s1. The molecule has 3 N–H and O–H groups in total. The lowest BCUT2D eigenvalue weighted by molar-refractivity contribution is -0.161. The Balaban J connectivity index is 5.13. The van der Waals surface area contributed by atoms with E-state index in [9.17, 15) is 43.2 Å². The van der Waals surface area contributed by atoms with Crippen molar-refractivity contribution >= 4 is 39.5 Å². The Morgan fingerprint density at radius 1 is 0.293 bits per heavy atom. The molecule has 0 fully saturated rings. The molecule has 17 nitrogen and oxygen atoms in total. The number of phosphoric ester groups is 2. The summed E-state index contributed by atoms with van der Waals surface area (Å²) in [6, 6.07) is 0. The van der Waals surface area contributed by atoms with Crippen LogP contribution in [-0.4, -0.2) is 96.7 Å². The summed E-state index contributed by atoms with van der Waals surface area (Å²) in [5.74, 6) is 0.332. The van der Waals surface area contributed by atoms with Crippen LogP contribution in [0, 0.1) is 17.8 Å². The van der Waals surface area contributed by atoms with Crippen LogP contribution in [-0.2, 0) is 65.4 Å². The second kappa shape index (κ2) is 70.4. The molecule has 0 amide bonds. The van der Waals surface area contributed by atoms with Gasteiger partial charge in [0.2, 0.25) is 0 Å². The summed E-state index contributed by atoms with van der Waals surface area (Å²) in [5, 5.41) is 10.6. The minimum absolute atomic E-state index is 0.106. The number of carbonyl (C=O) groups is 4. The summed E-state index contributed by atoms with van der Waals surface area (Å²) in [6.45, 7) is 12.0. The minimum Gasteiger partial charge on any atom is -0.462 e. The van der Waals surface area contributed by atoms with Gasteiger partial charge in [0.1, 0.15) is 19.3 Å². The Morgan fingerprint density at radius 3 is 0.768 bits per heavy atom. The van der Waals surface area contributed by atoms with Crippen molar-refractivity contribution in [1.82, 2.24) is 0 Å². The molecule has 0 saturated heterocycles. The van der Waals surface area contributed by atoms with E-state index in [0.717, 1.165) is 114 Å². The molecule has 19 heteroatoms. The normalized spacial score (nSPS) is 14.3. The first kappa shape index (κ1) is 97.1. The molecule has 99 heavy (non-hydrogen) atoms. The van der Waals surface area contributed by atoms with Gasteiger partial charge in [-0.1, -0.05) is 363 Å². The van der Waals surface area contributed by atoms with Crippen LogP contribution >= 0.6 is 15.6 Å². The topological polar surface area (TPSA) is 237 Å². The smallest absolute Gasteiger partial charge is 0.462 e. The molecule has 588 valence electrons. The fraction of sp³-hybridized carbons (Fsp3) is 0.950. The summed E-state index contributed by atoms with van der Waals surface area (Å²) in [4.78, 5) is 72.7. The van der Waals surface area contributed by atoms with Crippen LogP contribution in [0.3, 0.4) is 0 Å². The lowest BCUT2D eigenvalue weighted by Gasteiger charge is -2.21. The molecule has 0 radical (unpaired) electrons. The molecule has 3 unspecified atom stereocenters. The van der Waals surface area contributed by atoms with Crippen molar-refractivity contribution in [2.45, 2.75) is 433 Å². The van der Waals surface area contributed by atoms with Gasteiger partial charge in [-0.05, 0) is 43.4 Å². The molecule has 0 aromatic heterocycles. The molecule has 0 spiro atoms. The maximum absolute atomic E-state index is 13.1. The quantitative estimate of drug-likeness (QED) is 0.0222. The number of ether oxygens (including phenoxy) is 4. The largest absolute Gasteiger partial charge is 0.472 e. The van der Waals surface area contributed by atoms with Gasteiger partial charge in [-0.3, -0.25) is 37.3 Å². The molecule has 0 saturated carbocycles. The number of esters is 4. The number of hydrogen-bond acceptors (Lipinski definition) is 15. The van der Waals surface area contributed by atoms with Crippen molar-refractivity contribution in [3.8, 4) is 0 Å². The van der Waals surface area contributed by atoms with E-state index in [4.69, 9.17) is 37.0 Å². The van der Waals surface area contributed by atoms with E-state index in [1.165, 1.54) is 218 Å². The van der Waals surface area contributed by atoms with Gasteiger partial charge in [-0.25, -0.2) is 9.13 Å². The lowest BCUT2D eigenvalue weighted by Crippen LogP contribution is -2.30. The van der Waals surface area contributed by atoms with Crippen LogP contribution in [0.1, 0.15) is 414 Å². The van der Waals surface area contributed by atoms with E-state index in [1.54, 1.807) is 0 Å². The fourth-order valence-corrected chi connectivity index (χ4v) is 13.9. The Hall–Kier alpha value is -1.94. The Kier molecular flexibility index (Phi) is 69.0. The van der Waals surface area contributed by atoms with Gasteiger partial charge in [-0.2, -0.15) is 0 Å². The molecule has 6 atom stereocenters. The van der Waals surface area contributed by atoms with E-state index in [-0.39, 0.29) is 25.7 Å². The van der Waals surface area contributed by atoms with E-state index in [1.807, 2.05) is 0 Å². The predicted octanol–water partition coefficient (Wildman–Crippen LogP) is 23.7. The third kappa shape index (κ3) is 72.8. The fourth-order valence-electron chi connectivity index (χ4n) is 12.3. The highest BCUT2D eigenvalue weighted by atomic mass is 31.2. The average Bonchev–Trinajstić information content (AvgIpc) is 1.00. The van der Waals surface area contributed by atoms with Gasteiger partial charge >= 0.3 is 39.5 Å². The third-order valence-electron chi connectivity index (χ3n) is 19.0. The van der Waals surface area contributed by atoms with Crippen LogP contribution in [0.2, 0.25) is 0 Å². The average molecular weight is 1450 g/mol. The Labute approximate surface area is 607 Å². The van der Waals surface area contributed by atoms with Crippen LogP contribution in [0.15, 0.2) is 0 Å². The van der Waals surface area contributed by atoms with Gasteiger partial charge in [0.25, 0.3) is 0 Å².